The number of aromatic nitrogens is 2. The van der Waals surface area contributed by atoms with Crippen LogP contribution >= 0.6 is 11.6 Å². The maximum Gasteiger partial charge on any atom is 0.271 e. The van der Waals surface area contributed by atoms with Crippen molar-refractivity contribution in [3.05, 3.63) is 23.2 Å². The maximum absolute atomic E-state index is 11.4. The number of nitrogens with one attached hydrogen (secondary N) is 2. The number of hydrogen-bond donors (Lipinski definition) is 2. The summed E-state index contributed by atoms with van der Waals surface area (Å²) in [5, 5.41) is 5.36. The summed E-state index contributed by atoms with van der Waals surface area (Å²) in [5.74, 6) is -0.491. The van der Waals surface area contributed by atoms with Gasteiger partial charge in [-0.3, -0.25) is 9.59 Å². The Kier molecular flexibility index (Phi) is 4.65. The lowest BCUT2D eigenvalue weighted by atomic mass is 10.4. The van der Waals surface area contributed by atoms with E-state index in [0.29, 0.717) is 13.1 Å². The summed E-state index contributed by atoms with van der Waals surface area (Å²) in [5.41, 5.74) is 0.187. The van der Waals surface area contributed by atoms with Crippen LogP contribution < -0.4 is 10.6 Å². The molecular formula is C9H11ClN4O2. The molecule has 16 heavy (non-hydrogen) atoms. The molecule has 1 heterocycles. The van der Waals surface area contributed by atoms with Crippen LogP contribution in [0.5, 0.6) is 0 Å². The predicted molar refractivity (Wildman–Crippen MR) is 58.1 cm³/mol. The summed E-state index contributed by atoms with van der Waals surface area (Å²) in [6.07, 6.45) is 2.58. The molecule has 0 aromatic carbocycles. The molecule has 1 aromatic rings. The summed E-state index contributed by atoms with van der Waals surface area (Å²) >= 11 is 5.53. The summed E-state index contributed by atoms with van der Waals surface area (Å²) in [6.45, 7) is 2.12. The molecule has 0 bridgehead atoms. The summed E-state index contributed by atoms with van der Waals surface area (Å²) in [6, 6.07) is 0. The SMILES string of the molecule is CC(=O)NCCNC(=O)c1cnc(Cl)cn1. The van der Waals surface area contributed by atoms with Crippen molar-refractivity contribution in [2.45, 2.75) is 6.92 Å². The number of carbonyl (C=O) groups excluding carboxylic acids is 2. The van der Waals surface area contributed by atoms with E-state index >= 15 is 0 Å². The van der Waals surface area contributed by atoms with Crippen LogP contribution in [0, 0.1) is 0 Å². The molecule has 2 N–H and O–H groups in total. The van der Waals surface area contributed by atoms with Crippen molar-refractivity contribution < 1.29 is 9.59 Å². The molecule has 0 saturated carbocycles. The highest BCUT2D eigenvalue weighted by molar-refractivity contribution is 6.29. The Bertz CT molecular complexity index is 380. The van der Waals surface area contributed by atoms with Gasteiger partial charge in [-0.1, -0.05) is 11.6 Å². The second kappa shape index (κ2) is 6.02. The zero-order valence-electron chi connectivity index (χ0n) is 8.66. The Balaban J connectivity index is 2.35. The summed E-state index contributed by atoms with van der Waals surface area (Å²) in [4.78, 5) is 29.5. The van der Waals surface area contributed by atoms with E-state index in [1.807, 2.05) is 0 Å². The minimum absolute atomic E-state index is 0.138. The van der Waals surface area contributed by atoms with E-state index in [4.69, 9.17) is 11.6 Å². The van der Waals surface area contributed by atoms with Crippen LogP contribution in [-0.4, -0.2) is 34.9 Å². The van der Waals surface area contributed by atoms with Crippen molar-refractivity contribution >= 4 is 23.4 Å². The average Bonchev–Trinajstić information content (AvgIpc) is 2.25. The topological polar surface area (TPSA) is 84.0 Å². The molecule has 0 aliphatic carbocycles. The third kappa shape index (κ3) is 4.22. The third-order valence-electron chi connectivity index (χ3n) is 1.64. The molecule has 0 aliphatic rings. The lowest BCUT2D eigenvalue weighted by Crippen LogP contribution is -2.34. The quantitative estimate of drug-likeness (QED) is 0.728. The van der Waals surface area contributed by atoms with Crippen LogP contribution in [0.3, 0.4) is 0 Å². The number of nitrogens with zero attached hydrogens (tertiary/aromatic N) is 2. The maximum atomic E-state index is 11.4. The second-order valence-corrected chi connectivity index (χ2v) is 3.35. The largest absolute Gasteiger partial charge is 0.355 e. The van der Waals surface area contributed by atoms with Crippen molar-refractivity contribution in [1.29, 1.82) is 0 Å². The van der Waals surface area contributed by atoms with Crippen LogP contribution in [0.4, 0.5) is 0 Å². The number of hydrogen-bond acceptors (Lipinski definition) is 4. The fraction of sp³-hybridized carbons (Fsp3) is 0.333. The monoisotopic (exact) mass is 242 g/mol. The highest BCUT2D eigenvalue weighted by Gasteiger charge is 2.06. The average molecular weight is 243 g/mol. The zero-order chi connectivity index (χ0) is 12.0. The molecule has 1 aromatic heterocycles. The second-order valence-electron chi connectivity index (χ2n) is 2.96. The van der Waals surface area contributed by atoms with Gasteiger partial charge in [0, 0.05) is 20.0 Å². The molecule has 1 rings (SSSR count). The van der Waals surface area contributed by atoms with E-state index in [-0.39, 0.29) is 22.7 Å². The van der Waals surface area contributed by atoms with Gasteiger partial charge in [-0.15, -0.1) is 0 Å². The molecule has 6 nitrogen and oxygen atoms in total. The number of halogens is 1. The van der Waals surface area contributed by atoms with Gasteiger partial charge >= 0.3 is 0 Å². The van der Waals surface area contributed by atoms with Gasteiger partial charge in [0.25, 0.3) is 5.91 Å². The first-order valence-electron chi connectivity index (χ1n) is 4.60. The molecule has 0 spiro atoms. The lowest BCUT2D eigenvalue weighted by molar-refractivity contribution is -0.118. The highest BCUT2D eigenvalue weighted by Crippen LogP contribution is 2.00. The van der Waals surface area contributed by atoms with Crippen molar-refractivity contribution in [2.24, 2.45) is 0 Å². The predicted octanol–water partition coefficient (Wildman–Crippen LogP) is -0.00410. The smallest absolute Gasteiger partial charge is 0.271 e. The van der Waals surface area contributed by atoms with Gasteiger partial charge in [0.1, 0.15) is 10.8 Å². The Labute approximate surface area is 97.4 Å². The van der Waals surface area contributed by atoms with Crippen LogP contribution in [0.2, 0.25) is 5.15 Å². The molecule has 2 amide bonds. The van der Waals surface area contributed by atoms with Gasteiger partial charge < -0.3 is 10.6 Å². The van der Waals surface area contributed by atoms with Crippen molar-refractivity contribution in [2.75, 3.05) is 13.1 Å². The molecule has 0 fully saturated rings. The molecule has 86 valence electrons. The fourth-order valence-corrected chi connectivity index (χ4v) is 1.03. The van der Waals surface area contributed by atoms with Crippen LogP contribution in [0.25, 0.3) is 0 Å². The molecule has 0 radical (unpaired) electrons. The third-order valence-corrected chi connectivity index (χ3v) is 1.83. The highest BCUT2D eigenvalue weighted by atomic mass is 35.5. The molecule has 0 aliphatic heterocycles. The Morgan fingerprint density at radius 1 is 1.25 bits per heavy atom. The Morgan fingerprint density at radius 3 is 2.50 bits per heavy atom. The minimum atomic E-state index is -0.352. The van der Waals surface area contributed by atoms with Gasteiger partial charge in [-0.05, 0) is 0 Å². The zero-order valence-corrected chi connectivity index (χ0v) is 9.41. The lowest BCUT2D eigenvalue weighted by Gasteiger charge is -2.04. The molecular weight excluding hydrogens is 232 g/mol. The van der Waals surface area contributed by atoms with Gasteiger partial charge in [0.15, 0.2) is 0 Å². The van der Waals surface area contributed by atoms with Gasteiger partial charge in [-0.25, -0.2) is 9.97 Å². The number of rotatable bonds is 4. The normalized spacial score (nSPS) is 9.62. The van der Waals surface area contributed by atoms with E-state index < -0.39 is 0 Å². The first-order chi connectivity index (χ1) is 7.59. The fourth-order valence-electron chi connectivity index (χ4n) is 0.935. The van der Waals surface area contributed by atoms with E-state index in [1.54, 1.807) is 0 Å². The molecule has 0 saturated heterocycles. The van der Waals surface area contributed by atoms with E-state index in [1.165, 1.54) is 19.3 Å². The van der Waals surface area contributed by atoms with Crippen LogP contribution in [0.15, 0.2) is 12.4 Å². The Hall–Kier alpha value is -1.69. The molecule has 0 atom stereocenters. The summed E-state index contributed by atoms with van der Waals surface area (Å²) < 4.78 is 0. The first kappa shape index (κ1) is 12.4. The standard InChI is InChI=1S/C9H11ClN4O2/c1-6(15)11-2-3-12-9(16)7-4-14-8(10)5-13-7/h4-5H,2-3H2,1H3,(H,11,15)(H,12,16). The van der Waals surface area contributed by atoms with Crippen molar-refractivity contribution in [3.8, 4) is 0 Å². The van der Waals surface area contributed by atoms with Crippen molar-refractivity contribution in [1.82, 2.24) is 20.6 Å². The molecule has 0 unspecified atom stereocenters. The number of amides is 2. The number of carbonyl (C=O) groups is 2. The van der Waals surface area contributed by atoms with E-state index in [2.05, 4.69) is 20.6 Å². The van der Waals surface area contributed by atoms with Crippen molar-refractivity contribution in [3.63, 3.8) is 0 Å². The van der Waals surface area contributed by atoms with Gasteiger partial charge in [0.2, 0.25) is 5.91 Å². The van der Waals surface area contributed by atoms with E-state index in [0.717, 1.165) is 0 Å². The summed E-state index contributed by atoms with van der Waals surface area (Å²) in [7, 11) is 0. The first-order valence-corrected chi connectivity index (χ1v) is 4.97. The van der Waals surface area contributed by atoms with Crippen LogP contribution in [0.1, 0.15) is 17.4 Å². The van der Waals surface area contributed by atoms with Crippen LogP contribution in [-0.2, 0) is 4.79 Å². The minimum Gasteiger partial charge on any atom is -0.355 e. The van der Waals surface area contributed by atoms with Gasteiger partial charge in [0.05, 0.1) is 12.4 Å². The molecule has 7 heteroatoms. The Morgan fingerprint density at radius 2 is 1.94 bits per heavy atom. The van der Waals surface area contributed by atoms with E-state index in [9.17, 15) is 9.59 Å². The van der Waals surface area contributed by atoms with Gasteiger partial charge in [-0.2, -0.15) is 0 Å².